The van der Waals surface area contributed by atoms with Crippen LogP contribution in [0.4, 0.5) is 0 Å². The van der Waals surface area contributed by atoms with Crippen molar-refractivity contribution in [3.05, 3.63) is 52.3 Å². The van der Waals surface area contributed by atoms with Crippen LogP contribution in [0.1, 0.15) is 60.1 Å². The topological polar surface area (TPSA) is 73.2 Å². The number of ether oxygens (including phenoxy) is 1. The predicted octanol–water partition coefficient (Wildman–Crippen LogP) is 3.89. The summed E-state index contributed by atoms with van der Waals surface area (Å²) in [5, 5.41) is 7.52. The third kappa shape index (κ3) is 5.35. The van der Waals surface area contributed by atoms with E-state index in [1.54, 1.807) is 11.6 Å². The van der Waals surface area contributed by atoms with Crippen molar-refractivity contribution in [2.75, 3.05) is 6.61 Å². The largest absolute Gasteiger partial charge is 0.452 e. The molecule has 0 unspecified atom stereocenters. The van der Waals surface area contributed by atoms with Gasteiger partial charge in [-0.3, -0.25) is 4.79 Å². The number of benzene rings is 1. The first-order valence-electron chi connectivity index (χ1n) is 9.78. The molecular formula is C21H26ClN3O3. The van der Waals surface area contributed by atoms with E-state index in [0.29, 0.717) is 12.2 Å². The molecule has 3 rings (SSSR count). The number of aryl methyl sites for hydroxylation is 1. The lowest BCUT2D eigenvalue weighted by Gasteiger charge is -2.16. The van der Waals surface area contributed by atoms with E-state index < -0.39 is 5.97 Å². The molecule has 0 aliphatic heterocycles. The van der Waals surface area contributed by atoms with Crippen LogP contribution in [0.5, 0.6) is 0 Å². The van der Waals surface area contributed by atoms with Gasteiger partial charge in [-0.25, -0.2) is 9.48 Å². The van der Waals surface area contributed by atoms with Crippen LogP contribution in [0, 0.1) is 6.92 Å². The van der Waals surface area contributed by atoms with Gasteiger partial charge in [0.05, 0.1) is 12.2 Å². The van der Waals surface area contributed by atoms with Crippen LogP contribution in [-0.2, 0) is 16.1 Å². The van der Waals surface area contributed by atoms with Crippen LogP contribution in [-0.4, -0.2) is 34.3 Å². The number of aromatic nitrogens is 2. The summed E-state index contributed by atoms with van der Waals surface area (Å²) >= 11 is 6.36. The number of carbonyl (C=O) groups is 2. The van der Waals surface area contributed by atoms with Crippen molar-refractivity contribution >= 4 is 23.5 Å². The van der Waals surface area contributed by atoms with Gasteiger partial charge in [0.2, 0.25) is 0 Å². The highest BCUT2D eigenvalue weighted by molar-refractivity contribution is 6.32. The number of halogens is 1. The van der Waals surface area contributed by atoms with Crippen LogP contribution >= 0.6 is 11.6 Å². The number of carbonyl (C=O) groups excluding carboxylic acids is 2. The fourth-order valence-corrected chi connectivity index (χ4v) is 3.85. The first-order valence-corrected chi connectivity index (χ1v) is 10.2. The lowest BCUT2D eigenvalue weighted by Crippen LogP contribution is -2.37. The second-order valence-electron chi connectivity index (χ2n) is 7.23. The molecule has 1 aliphatic rings. The zero-order valence-electron chi connectivity index (χ0n) is 16.1. The van der Waals surface area contributed by atoms with E-state index in [0.717, 1.165) is 31.2 Å². The van der Waals surface area contributed by atoms with Gasteiger partial charge in [0.15, 0.2) is 6.61 Å². The molecule has 0 bridgehead atoms. The van der Waals surface area contributed by atoms with Crippen LogP contribution < -0.4 is 5.32 Å². The van der Waals surface area contributed by atoms with E-state index in [1.807, 2.05) is 30.3 Å². The number of nitrogens with one attached hydrogen (secondary N) is 1. The summed E-state index contributed by atoms with van der Waals surface area (Å²) < 4.78 is 6.76. The maximum atomic E-state index is 12.5. The van der Waals surface area contributed by atoms with E-state index in [2.05, 4.69) is 10.4 Å². The fourth-order valence-electron chi connectivity index (χ4n) is 3.54. The lowest BCUT2D eigenvalue weighted by atomic mass is 10.1. The van der Waals surface area contributed by atoms with Crippen LogP contribution in [0.3, 0.4) is 0 Å². The van der Waals surface area contributed by atoms with Crippen molar-refractivity contribution in [2.45, 2.75) is 58.0 Å². The zero-order valence-corrected chi connectivity index (χ0v) is 16.9. The number of hydrogen-bond acceptors (Lipinski definition) is 4. The lowest BCUT2D eigenvalue weighted by molar-refractivity contribution is -0.125. The highest BCUT2D eigenvalue weighted by Gasteiger charge is 2.23. The van der Waals surface area contributed by atoms with Crippen molar-refractivity contribution < 1.29 is 14.3 Å². The van der Waals surface area contributed by atoms with Crippen LogP contribution in [0.15, 0.2) is 30.3 Å². The molecule has 1 aromatic carbocycles. The Balaban J connectivity index is 1.57. The monoisotopic (exact) mass is 403 g/mol. The summed E-state index contributed by atoms with van der Waals surface area (Å²) in [6.45, 7) is 1.85. The van der Waals surface area contributed by atoms with Gasteiger partial charge < -0.3 is 10.1 Å². The van der Waals surface area contributed by atoms with Crippen molar-refractivity contribution in [2.24, 2.45) is 0 Å². The van der Waals surface area contributed by atoms with Crippen molar-refractivity contribution in [3.8, 4) is 0 Å². The van der Waals surface area contributed by atoms with E-state index in [1.165, 1.54) is 12.8 Å². The van der Waals surface area contributed by atoms with Crippen molar-refractivity contribution in [3.63, 3.8) is 0 Å². The van der Waals surface area contributed by atoms with Gasteiger partial charge >= 0.3 is 5.97 Å². The number of amides is 1. The second kappa shape index (κ2) is 9.73. The normalized spacial score (nSPS) is 15.1. The van der Waals surface area contributed by atoms with E-state index >= 15 is 0 Å². The van der Waals surface area contributed by atoms with E-state index in [9.17, 15) is 9.59 Å². The summed E-state index contributed by atoms with van der Waals surface area (Å²) in [7, 11) is 0. The number of rotatable bonds is 6. The van der Waals surface area contributed by atoms with Crippen LogP contribution in [0.25, 0.3) is 0 Å². The average molecular weight is 404 g/mol. The molecular weight excluding hydrogens is 378 g/mol. The molecule has 0 saturated heterocycles. The third-order valence-corrected chi connectivity index (χ3v) is 5.38. The van der Waals surface area contributed by atoms with Gasteiger partial charge in [-0.05, 0) is 25.3 Å². The summed E-state index contributed by atoms with van der Waals surface area (Å²) in [5.74, 6) is -0.900. The standard InChI is InChI=1S/C21H26ClN3O3/c1-15-19(20(22)25(24-15)13-16-9-5-4-6-10-16)21(27)28-14-18(26)23-17-11-7-2-3-8-12-17/h4-6,9-10,17H,2-3,7-8,11-14H2,1H3,(H,23,26). The van der Waals surface area contributed by atoms with Gasteiger partial charge in [0.25, 0.3) is 5.91 Å². The summed E-state index contributed by atoms with van der Waals surface area (Å²) in [6.07, 6.45) is 6.65. The number of nitrogens with zero attached hydrogens (tertiary/aromatic N) is 2. The molecule has 1 aromatic heterocycles. The highest BCUT2D eigenvalue weighted by atomic mass is 35.5. The zero-order chi connectivity index (χ0) is 19.9. The molecule has 1 heterocycles. The summed E-state index contributed by atoms with van der Waals surface area (Å²) in [4.78, 5) is 24.6. The Morgan fingerprint density at radius 1 is 1.18 bits per heavy atom. The molecule has 2 aromatic rings. The van der Waals surface area contributed by atoms with Gasteiger partial charge in [-0.1, -0.05) is 67.6 Å². The Labute approximate surface area is 170 Å². The Bertz CT molecular complexity index is 812. The van der Waals surface area contributed by atoms with Gasteiger partial charge in [0.1, 0.15) is 10.7 Å². The molecule has 150 valence electrons. The van der Waals surface area contributed by atoms with Gasteiger partial charge in [-0.15, -0.1) is 0 Å². The third-order valence-electron chi connectivity index (χ3n) is 5.00. The SMILES string of the molecule is Cc1nn(Cc2ccccc2)c(Cl)c1C(=O)OCC(=O)NC1CCCCCC1. The molecule has 0 spiro atoms. The summed E-state index contributed by atoms with van der Waals surface area (Å²) in [6, 6.07) is 9.89. The van der Waals surface area contributed by atoms with Gasteiger partial charge in [0, 0.05) is 6.04 Å². The van der Waals surface area contributed by atoms with Gasteiger partial charge in [-0.2, -0.15) is 5.10 Å². The minimum absolute atomic E-state index is 0.174. The average Bonchev–Trinajstić information content (AvgIpc) is 2.85. The molecule has 28 heavy (non-hydrogen) atoms. The Kier molecular flexibility index (Phi) is 7.09. The first kappa shape index (κ1) is 20.4. The molecule has 0 radical (unpaired) electrons. The Hall–Kier alpha value is -2.34. The minimum atomic E-state index is -0.627. The molecule has 1 N–H and O–H groups in total. The second-order valence-corrected chi connectivity index (χ2v) is 7.58. The maximum Gasteiger partial charge on any atom is 0.343 e. The fraction of sp³-hybridized carbons (Fsp3) is 0.476. The Morgan fingerprint density at radius 2 is 1.86 bits per heavy atom. The van der Waals surface area contributed by atoms with Crippen molar-refractivity contribution in [1.29, 1.82) is 0 Å². The molecule has 1 fully saturated rings. The molecule has 1 aliphatic carbocycles. The van der Waals surface area contributed by atoms with E-state index in [-0.39, 0.29) is 29.3 Å². The minimum Gasteiger partial charge on any atom is -0.452 e. The molecule has 0 atom stereocenters. The van der Waals surface area contributed by atoms with Crippen molar-refractivity contribution in [1.82, 2.24) is 15.1 Å². The number of hydrogen-bond donors (Lipinski definition) is 1. The Morgan fingerprint density at radius 3 is 2.54 bits per heavy atom. The molecule has 7 heteroatoms. The van der Waals surface area contributed by atoms with Crippen LogP contribution in [0.2, 0.25) is 5.15 Å². The molecule has 1 amide bonds. The maximum absolute atomic E-state index is 12.5. The highest BCUT2D eigenvalue weighted by Crippen LogP contribution is 2.22. The first-order chi connectivity index (χ1) is 13.5. The smallest absolute Gasteiger partial charge is 0.343 e. The molecule has 6 nitrogen and oxygen atoms in total. The number of esters is 1. The molecule has 1 saturated carbocycles. The van der Waals surface area contributed by atoms with E-state index in [4.69, 9.17) is 16.3 Å². The predicted molar refractivity (Wildman–Crippen MR) is 107 cm³/mol. The summed E-state index contributed by atoms with van der Waals surface area (Å²) in [5.41, 5.74) is 1.71. The quantitative estimate of drug-likeness (QED) is 0.586.